The Labute approximate surface area is 168 Å². The normalized spacial score (nSPS) is 12.3. The first kappa shape index (κ1) is 17.9. The van der Waals surface area contributed by atoms with E-state index in [2.05, 4.69) is 41.8 Å². The first-order valence-electron chi connectivity index (χ1n) is 8.72. The molecule has 136 valence electrons. The van der Waals surface area contributed by atoms with Crippen molar-refractivity contribution in [3.63, 3.8) is 0 Å². The van der Waals surface area contributed by atoms with E-state index in [0.29, 0.717) is 22.4 Å². The van der Waals surface area contributed by atoms with Crippen molar-refractivity contribution >= 4 is 34.2 Å². The fourth-order valence-corrected chi connectivity index (χ4v) is 3.71. The molecule has 3 aromatic carbocycles. The van der Waals surface area contributed by atoms with Gasteiger partial charge in [-0.05, 0) is 42.8 Å². The standard InChI is InChI=1S/C22H18Cl2N2O/c1-15(16-7-3-2-4-8-16)26-20-10-6-5-9-19(20)25-22(26)14-27-21-12-11-17(23)13-18(21)24/h2-13,15H,14H2,1H3/t15-/m0/s1. The van der Waals surface area contributed by atoms with E-state index < -0.39 is 0 Å². The summed E-state index contributed by atoms with van der Waals surface area (Å²) in [7, 11) is 0. The predicted octanol–water partition coefficient (Wildman–Crippen LogP) is 6.53. The SMILES string of the molecule is C[C@@H](c1ccccc1)n1c(COc2ccc(Cl)cc2Cl)nc2ccccc21. The van der Waals surface area contributed by atoms with Crippen LogP contribution < -0.4 is 4.74 Å². The average molecular weight is 397 g/mol. The van der Waals surface area contributed by atoms with Crippen LogP contribution in [-0.4, -0.2) is 9.55 Å². The maximum absolute atomic E-state index is 6.24. The smallest absolute Gasteiger partial charge is 0.148 e. The summed E-state index contributed by atoms with van der Waals surface area (Å²) in [5.74, 6) is 1.44. The third-order valence-electron chi connectivity index (χ3n) is 4.59. The molecule has 0 saturated carbocycles. The van der Waals surface area contributed by atoms with Crippen molar-refractivity contribution in [1.82, 2.24) is 9.55 Å². The zero-order chi connectivity index (χ0) is 18.8. The maximum Gasteiger partial charge on any atom is 0.148 e. The first-order chi connectivity index (χ1) is 13.1. The molecule has 0 saturated heterocycles. The molecule has 0 aliphatic carbocycles. The summed E-state index contributed by atoms with van der Waals surface area (Å²) in [5.41, 5.74) is 3.24. The summed E-state index contributed by atoms with van der Waals surface area (Å²) in [5, 5.41) is 1.07. The monoisotopic (exact) mass is 396 g/mol. The van der Waals surface area contributed by atoms with Crippen LogP contribution in [0.1, 0.15) is 24.4 Å². The van der Waals surface area contributed by atoms with Crippen molar-refractivity contribution in [2.45, 2.75) is 19.6 Å². The quantitative estimate of drug-likeness (QED) is 0.383. The van der Waals surface area contributed by atoms with E-state index in [0.717, 1.165) is 16.9 Å². The number of rotatable bonds is 5. The van der Waals surface area contributed by atoms with Gasteiger partial charge in [0.05, 0.1) is 22.1 Å². The molecule has 0 fully saturated rings. The minimum atomic E-state index is 0.123. The molecule has 5 heteroatoms. The number of hydrogen-bond acceptors (Lipinski definition) is 2. The molecule has 4 aromatic rings. The number of para-hydroxylation sites is 2. The molecule has 27 heavy (non-hydrogen) atoms. The van der Waals surface area contributed by atoms with Crippen LogP contribution in [0.15, 0.2) is 72.8 Å². The minimum Gasteiger partial charge on any atom is -0.484 e. The zero-order valence-corrected chi connectivity index (χ0v) is 16.3. The van der Waals surface area contributed by atoms with Crippen LogP contribution in [0.5, 0.6) is 5.75 Å². The maximum atomic E-state index is 6.24. The van der Waals surface area contributed by atoms with Crippen molar-refractivity contribution in [3.05, 3.63) is 94.2 Å². The number of benzene rings is 3. The van der Waals surface area contributed by atoms with Crippen LogP contribution in [0.4, 0.5) is 0 Å². The lowest BCUT2D eigenvalue weighted by atomic mass is 10.1. The minimum absolute atomic E-state index is 0.123. The second-order valence-corrected chi connectivity index (χ2v) is 7.18. The van der Waals surface area contributed by atoms with Crippen molar-refractivity contribution < 1.29 is 4.74 Å². The number of halogens is 2. The number of hydrogen-bond donors (Lipinski definition) is 0. The molecule has 0 unspecified atom stereocenters. The summed E-state index contributed by atoms with van der Waals surface area (Å²) >= 11 is 12.2. The van der Waals surface area contributed by atoms with Crippen molar-refractivity contribution in [2.24, 2.45) is 0 Å². The van der Waals surface area contributed by atoms with Crippen molar-refractivity contribution in [3.8, 4) is 5.75 Å². The Balaban J connectivity index is 1.72. The van der Waals surface area contributed by atoms with Gasteiger partial charge in [0, 0.05) is 5.02 Å². The van der Waals surface area contributed by atoms with Gasteiger partial charge in [0.25, 0.3) is 0 Å². The zero-order valence-electron chi connectivity index (χ0n) is 14.8. The lowest BCUT2D eigenvalue weighted by molar-refractivity contribution is 0.289. The van der Waals surface area contributed by atoms with Gasteiger partial charge in [0.15, 0.2) is 0 Å². The number of fused-ring (bicyclic) bond motifs is 1. The lowest BCUT2D eigenvalue weighted by Crippen LogP contribution is -2.12. The van der Waals surface area contributed by atoms with Crippen LogP contribution in [0.25, 0.3) is 11.0 Å². The molecule has 1 aromatic heterocycles. The molecule has 1 atom stereocenters. The molecule has 0 amide bonds. The van der Waals surface area contributed by atoms with Gasteiger partial charge < -0.3 is 9.30 Å². The van der Waals surface area contributed by atoms with E-state index in [-0.39, 0.29) is 6.04 Å². The van der Waals surface area contributed by atoms with Crippen molar-refractivity contribution in [2.75, 3.05) is 0 Å². The molecule has 0 bridgehead atoms. The highest BCUT2D eigenvalue weighted by molar-refractivity contribution is 6.35. The second-order valence-electron chi connectivity index (χ2n) is 6.34. The van der Waals surface area contributed by atoms with Gasteiger partial charge in [-0.15, -0.1) is 0 Å². The highest BCUT2D eigenvalue weighted by atomic mass is 35.5. The molecule has 3 nitrogen and oxygen atoms in total. The third kappa shape index (κ3) is 3.66. The highest BCUT2D eigenvalue weighted by Gasteiger charge is 2.18. The van der Waals surface area contributed by atoms with Gasteiger partial charge in [0.2, 0.25) is 0 Å². The van der Waals surface area contributed by atoms with E-state index in [1.54, 1.807) is 18.2 Å². The van der Waals surface area contributed by atoms with E-state index >= 15 is 0 Å². The molecule has 0 aliphatic heterocycles. The van der Waals surface area contributed by atoms with E-state index in [4.69, 9.17) is 32.9 Å². The summed E-state index contributed by atoms with van der Waals surface area (Å²) < 4.78 is 8.18. The summed E-state index contributed by atoms with van der Waals surface area (Å²) in [6.45, 7) is 2.48. The van der Waals surface area contributed by atoms with Crippen molar-refractivity contribution in [1.29, 1.82) is 0 Å². The van der Waals surface area contributed by atoms with Crippen LogP contribution in [0, 0.1) is 0 Å². The second kappa shape index (κ2) is 7.63. The van der Waals surface area contributed by atoms with Gasteiger partial charge in [-0.25, -0.2) is 4.98 Å². The number of imidazole rings is 1. The van der Waals surface area contributed by atoms with Crippen LogP contribution >= 0.6 is 23.2 Å². The Morgan fingerprint density at radius 2 is 1.70 bits per heavy atom. The number of aromatic nitrogens is 2. The van der Waals surface area contributed by atoms with E-state index in [9.17, 15) is 0 Å². The van der Waals surface area contributed by atoms with Crippen LogP contribution in [0.2, 0.25) is 10.0 Å². The molecule has 0 radical (unpaired) electrons. The van der Waals surface area contributed by atoms with Gasteiger partial charge in [-0.1, -0.05) is 65.7 Å². The molecular formula is C22H18Cl2N2O. The topological polar surface area (TPSA) is 27.1 Å². The van der Waals surface area contributed by atoms with Gasteiger partial charge in [-0.3, -0.25) is 0 Å². The Kier molecular flexibility index (Phi) is 5.06. The fourth-order valence-electron chi connectivity index (χ4n) is 3.24. The molecule has 0 spiro atoms. The van der Waals surface area contributed by atoms with Gasteiger partial charge >= 0.3 is 0 Å². The molecular weight excluding hydrogens is 379 g/mol. The molecule has 1 heterocycles. The number of nitrogens with zero attached hydrogens (tertiary/aromatic N) is 2. The fraction of sp³-hybridized carbons (Fsp3) is 0.136. The Morgan fingerprint density at radius 3 is 2.48 bits per heavy atom. The molecule has 4 rings (SSSR count). The van der Waals surface area contributed by atoms with Gasteiger partial charge in [0.1, 0.15) is 18.2 Å². The largest absolute Gasteiger partial charge is 0.484 e. The summed E-state index contributed by atoms with van der Waals surface area (Å²) in [4.78, 5) is 4.79. The summed E-state index contributed by atoms with van der Waals surface area (Å²) in [6.07, 6.45) is 0. The Bertz CT molecular complexity index is 1080. The third-order valence-corrected chi connectivity index (χ3v) is 5.12. The lowest BCUT2D eigenvalue weighted by Gasteiger charge is -2.18. The Hall–Kier alpha value is -2.49. The highest BCUT2D eigenvalue weighted by Crippen LogP contribution is 2.30. The van der Waals surface area contributed by atoms with E-state index in [1.807, 2.05) is 24.3 Å². The van der Waals surface area contributed by atoms with Crippen LogP contribution in [-0.2, 0) is 6.61 Å². The van der Waals surface area contributed by atoms with E-state index in [1.165, 1.54) is 5.56 Å². The first-order valence-corrected chi connectivity index (χ1v) is 9.47. The Morgan fingerprint density at radius 1 is 0.963 bits per heavy atom. The van der Waals surface area contributed by atoms with Gasteiger partial charge in [-0.2, -0.15) is 0 Å². The molecule has 0 aliphatic rings. The number of ether oxygens (including phenoxy) is 1. The van der Waals surface area contributed by atoms with Crippen LogP contribution in [0.3, 0.4) is 0 Å². The molecule has 0 N–H and O–H groups in total. The summed E-state index contributed by atoms with van der Waals surface area (Å²) in [6, 6.07) is 23.8. The average Bonchev–Trinajstić information content (AvgIpc) is 3.06. The predicted molar refractivity (Wildman–Crippen MR) is 111 cm³/mol.